The Kier molecular flexibility index (Phi) is 5.70. The predicted molar refractivity (Wildman–Crippen MR) is 107 cm³/mol. The standard InChI is InChI=1S/C22H31NOSi/c1-16(2)25(17(3)4,18(5)6)13-9-12-22(7)14-20-19(15-23)10-8-11-21(20)24-22/h8,10-11,16-18H,12,14H2,1-7H3. The highest BCUT2D eigenvalue weighted by Gasteiger charge is 2.42. The SMILES string of the molecule is CC(C)[Si](C#CCC1(C)Cc2c(C#N)cccc2O1)(C(C)C)C(C)C. The van der Waals surface area contributed by atoms with E-state index in [-0.39, 0.29) is 5.60 Å². The summed E-state index contributed by atoms with van der Waals surface area (Å²) < 4.78 is 6.19. The molecule has 0 bridgehead atoms. The zero-order valence-electron chi connectivity index (χ0n) is 16.7. The average molecular weight is 354 g/mol. The van der Waals surface area contributed by atoms with Gasteiger partial charge in [0, 0.05) is 18.4 Å². The molecule has 0 amide bonds. The quantitative estimate of drug-likeness (QED) is 0.501. The molecule has 0 aliphatic carbocycles. The Hall–Kier alpha value is -1.71. The molecule has 1 unspecified atom stereocenters. The molecule has 1 aliphatic heterocycles. The normalized spacial score (nSPS) is 19.4. The lowest BCUT2D eigenvalue weighted by Crippen LogP contribution is -2.43. The summed E-state index contributed by atoms with van der Waals surface area (Å²) >= 11 is 0. The lowest BCUT2D eigenvalue weighted by Gasteiger charge is -2.38. The van der Waals surface area contributed by atoms with E-state index in [9.17, 15) is 5.26 Å². The molecule has 25 heavy (non-hydrogen) atoms. The van der Waals surface area contributed by atoms with Crippen LogP contribution in [0.5, 0.6) is 5.75 Å². The van der Waals surface area contributed by atoms with Gasteiger partial charge >= 0.3 is 0 Å². The third-order valence-corrected chi connectivity index (χ3v) is 12.1. The van der Waals surface area contributed by atoms with Crippen molar-refractivity contribution >= 4 is 8.07 Å². The molecule has 0 fully saturated rings. The summed E-state index contributed by atoms with van der Waals surface area (Å²) in [5.74, 6) is 4.38. The lowest BCUT2D eigenvalue weighted by molar-refractivity contribution is 0.122. The second-order valence-electron chi connectivity index (χ2n) is 8.50. The fourth-order valence-corrected chi connectivity index (χ4v) is 9.80. The Morgan fingerprint density at radius 1 is 1.12 bits per heavy atom. The van der Waals surface area contributed by atoms with Gasteiger partial charge in [-0.1, -0.05) is 47.6 Å². The van der Waals surface area contributed by atoms with Crippen LogP contribution in [-0.4, -0.2) is 13.7 Å². The van der Waals surface area contributed by atoms with Gasteiger partial charge < -0.3 is 4.74 Å². The van der Waals surface area contributed by atoms with Gasteiger partial charge in [-0.25, -0.2) is 0 Å². The van der Waals surface area contributed by atoms with E-state index in [4.69, 9.17) is 4.74 Å². The Morgan fingerprint density at radius 2 is 1.72 bits per heavy atom. The van der Waals surface area contributed by atoms with E-state index in [0.717, 1.165) is 23.3 Å². The molecule has 2 rings (SSSR count). The minimum Gasteiger partial charge on any atom is -0.486 e. The van der Waals surface area contributed by atoms with Gasteiger partial charge in [0.25, 0.3) is 0 Å². The van der Waals surface area contributed by atoms with Gasteiger partial charge in [0.1, 0.15) is 19.4 Å². The van der Waals surface area contributed by atoms with Crippen molar-refractivity contribution in [3.63, 3.8) is 0 Å². The zero-order valence-corrected chi connectivity index (χ0v) is 17.7. The van der Waals surface area contributed by atoms with Crippen LogP contribution in [0.15, 0.2) is 18.2 Å². The first-order valence-corrected chi connectivity index (χ1v) is 11.6. The molecular weight excluding hydrogens is 322 g/mol. The molecule has 1 aromatic rings. The second-order valence-corrected chi connectivity index (χ2v) is 14.1. The van der Waals surface area contributed by atoms with E-state index in [2.05, 4.69) is 66.0 Å². The van der Waals surface area contributed by atoms with Gasteiger partial charge in [0.2, 0.25) is 0 Å². The first-order chi connectivity index (χ1) is 11.7. The van der Waals surface area contributed by atoms with Crippen molar-refractivity contribution in [2.45, 2.75) is 83.5 Å². The fourth-order valence-electron chi connectivity index (χ4n) is 4.54. The van der Waals surface area contributed by atoms with Crippen molar-refractivity contribution in [2.24, 2.45) is 0 Å². The highest BCUT2D eigenvalue weighted by Crippen LogP contribution is 2.41. The first kappa shape index (κ1) is 19.6. The van der Waals surface area contributed by atoms with Crippen molar-refractivity contribution in [3.8, 4) is 23.3 Å². The number of ether oxygens (including phenoxy) is 1. The Balaban J connectivity index is 2.25. The molecular formula is C22H31NOSi. The summed E-state index contributed by atoms with van der Waals surface area (Å²) in [4.78, 5) is 0. The molecule has 0 aromatic heterocycles. The smallest absolute Gasteiger partial charge is 0.145 e. The van der Waals surface area contributed by atoms with E-state index in [0.29, 0.717) is 23.0 Å². The molecule has 1 aliphatic rings. The molecule has 1 aromatic carbocycles. The topological polar surface area (TPSA) is 33.0 Å². The van der Waals surface area contributed by atoms with E-state index in [1.165, 1.54) is 0 Å². The monoisotopic (exact) mass is 353 g/mol. The third-order valence-electron chi connectivity index (χ3n) is 5.79. The maximum absolute atomic E-state index is 9.31. The number of nitriles is 1. The molecule has 0 saturated carbocycles. The summed E-state index contributed by atoms with van der Waals surface area (Å²) in [6, 6.07) is 8.00. The number of rotatable bonds is 4. The Bertz CT molecular complexity index is 711. The van der Waals surface area contributed by atoms with E-state index >= 15 is 0 Å². The number of nitrogens with zero attached hydrogens (tertiary/aromatic N) is 1. The molecule has 0 saturated heterocycles. The number of fused-ring (bicyclic) bond motifs is 1. The number of hydrogen-bond acceptors (Lipinski definition) is 2. The summed E-state index contributed by atoms with van der Waals surface area (Å²) in [5.41, 5.74) is 7.14. The van der Waals surface area contributed by atoms with Gasteiger partial charge in [0.05, 0.1) is 11.6 Å². The van der Waals surface area contributed by atoms with Crippen molar-refractivity contribution in [1.29, 1.82) is 5.26 Å². The minimum absolute atomic E-state index is 0.326. The highest BCUT2D eigenvalue weighted by molar-refractivity contribution is 6.90. The summed E-state index contributed by atoms with van der Waals surface area (Å²) in [6.45, 7) is 16.1. The van der Waals surface area contributed by atoms with Gasteiger partial charge in [0.15, 0.2) is 0 Å². The van der Waals surface area contributed by atoms with E-state index in [1.807, 2.05) is 18.2 Å². The molecule has 3 heteroatoms. The maximum Gasteiger partial charge on any atom is 0.145 e. The average Bonchev–Trinajstić information content (AvgIpc) is 2.86. The molecule has 1 heterocycles. The summed E-state index contributed by atoms with van der Waals surface area (Å²) in [6.07, 6.45) is 1.48. The van der Waals surface area contributed by atoms with Gasteiger partial charge in [-0.15, -0.1) is 11.5 Å². The van der Waals surface area contributed by atoms with Crippen molar-refractivity contribution in [3.05, 3.63) is 29.3 Å². The third kappa shape index (κ3) is 3.63. The van der Waals surface area contributed by atoms with E-state index < -0.39 is 8.07 Å². The van der Waals surface area contributed by atoms with Crippen LogP contribution in [0.2, 0.25) is 16.6 Å². The van der Waals surface area contributed by atoms with Crippen LogP contribution in [0.4, 0.5) is 0 Å². The zero-order chi connectivity index (χ0) is 18.8. The van der Waals surface area contributed by atoms with Crippen LogP contribution in [0.1, 0.15) is 66.0 Å². The highest BCUT2D eigenvalue weighted by atomic mass is 28.3. The molecule has 0 spiro atoms. The molecule has 2 nitrogen and oxygen atoms in total. The lowest BCUT2D eigenvalue weighted by atomic mass is 9.94. The van der Waals surface area contributed by atoms with Crippen LogP contribution in [-0.2, 0) is 6.42 Å². The van der Waals surface area contributed by atoms with E-state index in [1.54, 1.807) is 0 Å². The molecule has 1 atom stereocenters. The predicted octanol–water partition coefficient (Wildman–Crippen LogP) is 5.86. The Morgan fingerprint density at radius 3 is 2.24 bits per heavy atom. The summed E-state index contributed by atoms with van der Waals surface area (Å²) in [7, 11) is -1.70. The van der Waals surface area contributed by atoms with Crippen LogP contribution in [0.25, 0.3) is 0 Å². The van der Waals surface area contributed by atoms with Crippen molar-refractivity contribution < 1.29 is 4.74 Å². The molecule has 0 radical (unpaired) electrons. The van der Waals surface area contributed by atoms with Crippen molar-refractivity contribution in [1.82, 2.24) is 0 Å². The van der Waals surface area contributed by atoms with Gasteiger partial charge in [-0.2, -0.15) is 5.26 Å². The molecule has 134 valence electrons. The fraction of sp³-hybridized carbons (Fsp3) is 0.591. The Labute approximate surface area is 154 Å². The van der Waals surface area contributed by atoms with Crippen molar-refractivity contribution in [2.75, 3.05) is 0 Å². The van der Waals surface area contributed by atoms with Crippen LogP contribution < -0.4 is 4.74 Å². The first-order valence-electron chi connectivity index (χ1n) is 9.37. The number of hydrogen-bond donors (Lipinski definition) is 0. The van der Waals surface area contributed by atoms with Gasteiger partial charge in [-0.05, 0) is 35.7 Å². The minimum atomic E-state index is -1.70. The maximum atomic E-state index is 9.31. The van der Waals surface area contributed by atoms with Crippen LogP contribution >= 0.6 is 0 Å². The second kappa shape index (κ2) is 7.26. The molecule has 0 N–H and O–H groups in total. The largest absolute Gasteiger partial charge is 0.486 e. The van der Waals surface area contributed by atoms with Crippen LogP contribution in [0, 0.1) is 22.8 Å². The number of benzene rings is 1. The van der Waals surface area contributed by atoms with Gasteiger partial charge in [-0.3, -0.25) is 0 Å². The van der Waals surface area contributed by atoms with Crippen LogP contribution in [0.3, 0.4) is 0 Å². The summed E-state index contributed by atoms with van der Waals surface area (Å²) in [5, 5.41) is 9.31.